The molecule has 1 aromatic carbocycles. The van der Waals surface area contributed by atoms with Crippen molar-refractivity contribution < 1.29 is 9.31 Å². The fraction of sp³-hybridized carbons (Fsp3) is 0.538. The molecule has 1 atom stereocenters. The first-order chi connectivity index (χ1) is 9.45. The van der Waals surface area contributed by atoms with E-state index in [9.17, 15) is 14.5 Å². The molecule has 0 amide bonds. The Morgan fingerprint density at radius 3 is 2.85 bits per heavy atom. The lowest BCUT2D eigenvalue weighted by atomic mass is 10.2. The minimum Gasteiger partial charge on any atom is -0.383 e. The molecule has 0 spiro atoms. The Labute approximate surface area is 117 Å². The van der Waals surface area contributed by atoms with Gasteiger partial charge in [-0.15, -0.1) is 0 Å². The standard InChI is InChI=1S/C13H19FN4O2/c1-16-3-4-17(2)13(9-16)8-15-11-5-10(14)6-12(7-11)18(19)20/h5-7,13,15H,3-4,8-9H2,1-2H3. The molecule has 2 rings (SSSR count). The van der Waals surface area contributed by atoms with E-state index in [2.05, 4.69) is 22.2 Å². The topological polar surface area (TPSA) is 61.6 Å². The van der Waals surface area contributed by atoms with Crippen LogP contribution in [0.25, 0.3) is 0 Å². The molecule has 1 heterocycles. The molecule has 1 aliphatic rings. The Kier molecular flexibility index (Phi) is 4.51. The molecule has 0 bridgehead atoms. The van der Waals surface area contributed by atoms with Crippen molar-refractivity contribution in [3.05, 3.63) is 34.1 Å². The maximum absolute atomic E-state index is 13.3. The molecule has 0 aliphatic carbocycles. The number of hydrogen-bond acceptors (Lipinski definition) is 5. The van der Waals surface area contributed by atoms with Gasteiger partial charge in [-0.1, -0.05) is 0 Å². The van der Waals surface area contributed by atoms with E-state index in [0.717, 1.165) is 25.7 Å². The zero-order valence-corrected chi connectivity index (χ0v) is 11.7. The van der Waals surface area contributed by atoms with E-state index in [0.29, 0.717) is 18.3 Å². The molecule has 6 nitrogen and oxygen atoms in total. The van der Waals surface area contributed by atoms with Gasteiger partial charge in [-0.3, -0.25) is 15.0 Å². The lowest BCUT2D eigenvalue weighted by Gasteiger charge is -2.37. The maximum atomic E-state index is 13.3. The largest absolute Gasteiger partial charge is 0.383 e. The molecule has 1 aromatic rings. The molecule has 0 saturated carbocycles. The third-order valence-electron chi connectivity index (χ3n) is 3.62. The van der Waals surface area contributed by atoms with Gasteiger partial charge in [0, 0.05) is 44.0 Å². The first-order valence-electron chi connectivity index (χ1n) is 6.53. The number of nitrogens with zero attached hydrogens (tertiary/aromatic N) is 3. The second-order valence-electron chi connectivity index (χ2n) is 5.23. The highest BCUT2D eigenvalue weighted by atomic mass is 19.1. The van der Waals surface area contributed by atoms with Crippen molar-refractivity contribution in [3.8, 4) is 0 Å². The van der Waals surface area contributed by atoms with E-state index in [4.69, 9.17) is 0 Å². The lowest BCUT2D eigenvalue weighted by molar-refractivity contribution is -0.385. The van der Waals surface area contributed by atoms with Gasteiger partial charge in [0.1, 0.15) is 5.82 Å². The van der Waals surface area contributed by atoms with Crippen molar-refractivity contribution >= 4 is 11.4 Å². The quantitative estimate of drug-likeness (QED) is 0.668. The number of halogens is 1. The molecule has 1 saturated heterocycles. The van der Waals surface area contributed by atoms with Crippen molar-refractivity contribution in [2.45, 2.75) is 6.04 Å². The number of benzene rings is 1. The first-order valence-corrected chi connectivity index (χ1v) is 6.53. The Hall–Kier alpha value is -1.73. The second-order valence-corrected chi connectivity index (χ2v) is 5.23. The second kappa shape index (κ2) is 6.15. The molecule has 0 radical (unpaired) electrons. The number of hydrogen-bond donors (Lipinski definition) is 1. The minimum atomic E-state index is -0.601. The Balaban J connectivity index is 2.01. The zero-order chi connectivity index (χ0) is 14.7. The summed E-state index contributed by atoms with van der Waals surface area (Å²) in [5, 5.41) is 13.8. The number of nitro benzene ring substituents is 1. The minimum absolute atomic E-state index is 0.235. The Bertz CT molecular complexity index is 497. The van der Waals surface area contributed by atoms with Crippen molar-refractivity contribution in [3.63, 3.8) is 0 Å². The van der Waals surface area contributed by atoms with Gasteiger partial charge in [0.2, 0.25) is 0 Å². The summed E-state index contributed by atoms with van der Waals surface area (Å²) in [6.45, 7) is 3.55. The van der Waals surface area contributed by atoms with Crippen molar-refractivity contribution in [2.24, 2.45) is 0 Å². The summed E-state index contributed by atoms with van der Waals surface area (Å²) in [5.74, 6) is -0.601. The van der Waals surface area contributed by atoms with Crippen LogP contribution in [0.5, 0.6) is 0 Å². The van der Waals surface area contributed by atoms with Gasteiger partial charge in [-0.05, 0) is 20.2 Å². The van der Waals surface area contributed by atoms with Crippen molar-refractivity contribution in [1.82, 2.24) is 9.80 Å². The summed E-state index contributed by atoms with van der Waals surface area (Å²) in [6.07, 6.45) is 0. The van der Waals surface area contributed by atoms with E-state index in [-0.39, 0.29) is 5.69 Å². The fourth-order valence-corrected chi connectivity index (χ4v) is 2.34. The summed E-state index contributed by atoms with van der Waals surface area (Å²) in [4.78, 5) is 14.6. The molecule has 1 aliphatic heterocycles. The van der Waals surface area contributed by atoms with Crippen LogP contribution in [-0.4, -0.2) is 61.0 Å². The molecule has 0 aromatic heterocycles. The van der Waals surface area contributed by atoms with Gasteiger partial charge >= 0.3 is 0 Å². The van der Waals surface area contributed by atoms with Crippen LogP contribution in [0.1, 0.15) is 0 Å². The van der Waals surface area contributed by atoms with Crippen LogP contribution in [0.3, 0.4) is 0 Å². The van der Waals surface area contributed by atoms with E-state index < -0.39 is 10.7 Å². The first kappa shape index (κ1) is 14.7. The Morgan fingerprint density at radius 1 is 1.40 bits per heavy atom. The van der Waals surface area contributed by atoms with Crippen molar-refractivity contribution in [2.75, 3.05) is 45.6 Å². The number of likely N-dealkylation sites (N-methyl/N-ethyl adjacent to an activating group) is 2. The highest BCUT2D eigenvalue weighted by Crippen LogP contribution is 2.20. The normalized spacial score (nSPS) is 20.9. The van der Waals surface area contributed by atoms with Crippen LogP contribution in [0, 0.1) is 15.9 Å². The average molecular weight is 282 g/mol. The number of rotatable bonds is 4. The predicted octanol–water partition coefficient (Wildman–Crippen LogP) is 1.39. The zero-order valence-electron chi connectivity index (χ0n) is 11.7. The molecule has 20 heavy (non-hydrogen) atoms. The van der Waals surface area contributed by atoms with Crippen LogP contribution in [0.2, 0.25) is 0 Å². The number of piperazine rings is 1. The van der Waals surface area contributed by atoms with Crippen LogP contribution in [0.15, 0.2) is 18.2 Å². The SMILES string of the molecule is CN1CCN(C)C(CNc2cc(F)cc([N+](=O)[O-])c2)C1. The summed E-state index contributed by atoms with van der Waals surface area (Å²) in [5.41, 5.74) is 0.208. The van der Waals surface area contributed by atoms with Gasteiger partial charge in [0.25, 0.3) is 5.69 Å². The molecular weight excluding hydrogens is 263 g/mol. The summed E-state index contributed by atoms with van der Waals surface area (Å²) < 4.78 is 13.3. The van der Waals surface area contributed by atoms with Gasteiger partial charge in [0.05, 0.1) is 11.0 Å². The summed E-state index contributed by atoms with van der Waals surface area (Å²) in [7, 11) is 4.11. The van der Waals surface area contributed by atoms with Gasteiger partial charge < -0.3 is 10.2 Å². The molecule has 1 fully saturated rings. The predicted molar refractivity (Wildman–Crippen MR) is 75.5 cm³/mol. The van der Waals surface area contributed by atoms with Crippen LogP contribution >= 0.6 is 0 Å². The third kappa shape index (κ3) is 3.64. The summed E-state index contributed by atoms with van der Waals surface area (Å²) in [6, 6.07) is 3.86. The smallest absolute Gasteiger partial charge is 0.274 e. The van der Waals surface area contributed by atoms with Crippen LogP contribution in [0.4, 0.5) is 15.8 Å². The van der Waals surface area contributed by atoms with E-state index in [1.807, 2.05) is 7.05 Å². The molecule has 110 valence electrons. The van der Waals surface area contributed by atoms with E-state index >= 15 is 0 Å². The Morgan fingerprint density at radius 2 is 2.15 bits per heavy atom. The van der Waals surface area contributed by atoms with E-state index in [1.54, 1.807) is 0 Å². The monoisotopic (exact) mass is 282 g/mol. The third-order valence-corrected chi connectivity index (χ3v) is 3.62. The van der Waals surface area contributed by atoms with Crippen molar-refractivity contribution in [1.29, 1.82) is 0 Å². The number of nitro groups is 1. The van der Waals surface area contributed by atoms with Gasteiger partial charge in [-0.25, -0.2) is 4.39 Å². The van der Waals surface area contributed by atoms with E-state index in [1.165, 1.54) is 12.1 Å². The van der Waals surface area contributed by atoms with Gasteiger partial charge in [-0.2, -0.15) is 0 Å². The van der Waals surface area contributed by atoms with Crippen LogP contribution < -0.4 is 5.32 Å². The number of non-ortho nitro benzene ring substituents is 1. The number of anilines is 1. The molecule has 7 heteroatoms. The molecule has 1 unspecified atom stereocenters. The molecular formula is C13H19FN4O2. The summed E-state index contributed by atoms with van der Waals surface area (Å²) >= 11 is 0. The lowest BCUT2D eigenvalue weighted by Crippen LogP contribution is -2.52. The highest BCUT2D eigenvalue weighted by molar-refractivity contribution is 5.51. The number of nitrogens with one attached hydrogen (secondary N) is 1. The van der Waals surface area contributed by atoms with Gasteiger partial charge in [0.15, 0.2) is 0 Å². The average Bonchev–Trinajstić information content (AvgIpc) is 2.39. The highest BCUT2D eigenvalue weighted by Gasteiger charge is 2.22. The fourth-order valence-electron chi connectivity index (χ4n) is 2.34. The van der Waals surface area contributed by atoms with Crippen LogP contribution in [-0.2, 0) is 0 Å². The maximum Gasteiger partial charge on any atom is 0.274 e. The molecule has 1 N–H and O–H groups in total.